The van der Waals surface area contributed by atoms with Crippen molar-refractivity contribution in [3.8, 4) is 0 Å². The number of aliphatic hydroxyl groups is 1. The number of sulfonamides is 1. The van der Waals surface area contributed by atoms with Crippen LogP contribution in [0.25, 0.3) is 0 Å². The zero-order valence-corrected chi connectivity index (χ0v) is 11.7. The van der Waals surface area contributed by atoms with Gasteiger partial charge in [-0.1, -0.05) is 26.7 Å². The summed E-state index contributed by atoms with van der Waals surface area (Å²) in [6.07, 6.45) is 4.75. The van der Waals surface area contributed by atoms with Crippen LogP contribution in [-0.4, -0.2) is 42.8 Å². The van der Waals surface area contributed by atoms with Crippen molar-refractivity contribution >= 4 is 10.0 Å². The molecule has 0 rings (SSSR count). The molecule has 0 aromatic rings. The van der Waals surface area contributed by atoms with E-state index in [4.69, 9.17) is 5.11 Å². The highest BCUT2D eigenvalue weighted by atomic mass is 32.2. The van der Waals surface area contributed by atoms with Crippen LogP contribution in [0, 0.1) is 0 Å². The Morgan fingerprint density at radius 3 is 1.88 bits per heavy atom. The molecule has 0 bridgehead atoms. The lowest BCUT2D eigenvalue weighted by Crippen LogP contribution is -2.50. The summed E-state index contributed by atoms with van der Waals surface area (Å²) in [5, 5.41) is 8.99. The monoisotopic (exact) mass is 251 g/mol. The van der Waals surface area contributed by atoms with Crippen molar-refractivity contribution in [2.24, 2.45) is 0 Å². The highest BCUT2D eigenvalue weighted by molar-refractivity contribution is 7.88. The molecule has 0 saturated heterocycles. The molecule has 0 spiro atoms. The van der Waals surface area contributed by atoms with E-state index < -0.39 is 10.0 Å². The summed E-state index contributed by atoms with van der Waals surface area (Å²) in [4.78, 5) is 0. The minimum Gasteiger partial charge on any atom is -0.395 e. The number of rotatable bonds is 8. The van der Waals surface area contributed by atoms with Gasteiger partial charge in [0.1, 0.15) is 0 Å². The molecule has 1 N–H and O–H groups in total. The van der Waals surface area contributed by atoms with Crippen LogP contribution in [0.15, 0.2) is 0 Å². The predicted octanol–water partition coefficient (Wildman–Crippen LogP) is 1.60. The highest BCUT2D eigenvalue weighted by Crippen LogP contribution is 2.28. The summed E-state index contributed by atoms with van der Waals surface area (Å²) < 4.78 is 24.9. The third-order valence-electron chi connectivity index (χ3n) is 2.88. The van der Waals surface area contributed by atoms with Crippen LogP contribution in [-0.2, 0) is 10.0 Å². The van der Waals surface area contributed by atoms with E-state index in [2.05, 4.69) is 0 Å². The molecular weight excluding hydrogens is 226 g/mol. The van der Waals surface area contributed by atoms with Crippen molar-refractivity contribution in [1.29, 1.82) is 0 Å². The fourth-order valence-electron chi connectivity index (χ4n) is 2.38. The second-order valence-electron chi connectivity index (χ2n) is 4.56. The quantitative estimate of drug-likeness (QED) is 0.713. The van der Waals surface area contributed by atoms with Crippen molar-refractivity contribution in [2.75, 3.05) is 19.4 Å². The van der Waals surface area contributed by atoms with Gasteiger partial charge in [0, 0.05) is 12.1 Å². The molecular formula is C11H25NO3S. The fraction of sp³-hybridized carbons (Fsp3) is 1.00. The molecule has 4 nitrogen and oxygen atoms in total. The first-order valence-electron chi connectivity index (χ1n) is 5.90. The van der Waals surface area contributed by atoms with Crippen LogP contribution in [0.4, 0.5) is 0 Å². The molecule has 0 radical (unpaired) electrons. The van der Waals surface area contributed by atoms with Crippen LogP contribution < -0.4 is 0 Å². The molecule has 0 aliphatic carbocycles. The van der Waals surface area contributed by atoms with Gasteiger partial charge in [0.25, 0.3) is 0 Å². The van der Waals surface area contributed by atoms with Gasteiger partial charge in [-0.3, -0.25) is 0 Å². The average molecular weight is 251 g/mol. The van der Waals surface area contributed by atoms with E-state index in [1.807, 2.05) is 20.8 Å². The lowest BCUT2D eigenvalue weighted by molar-refractivity contribution is 0.145. The molecule has 0 fully saturated rings. The summed E-state index contributed by atoms with van der Waals surface area (Å²) in [7, 11) is -3.26. The molecule has 5 heteroatoms. The molecule has 98 valence electrons. The van der Waals surface area contributed by atoms with Crippen LogP contribution in [0.1, 0.15) is 46.5 Å². The van der Waals surface area contributed by atoms with E-state index in [1.165, 1.54) is 10.6 Å². The maximum atomic E-state index is 11.7. The normalized spacial score (nSPS) is 13.4. The van der Waals surface area contributed by atoms with Crippen LogP contribution in [0.3, 0.4) is 0 Å². The number of hydrogen-bond acceptors (Lipinski definition) is 3. The summed E-state index contributed by atoms with van der Waals surface area (Å²) in [5.41, 5.74) is -0.361. The van der Waals surface area contributed by atoms with Gasteiger partial charge in [-0.2, -0.15) is 4.31 Å². The summed E-state index contributed by atoms with van der Waals surface area (Å²) in [6.45, 7) is 6.13. The molecule has 0 saturated carbocycles. The molecule has 16 heavy (non-hydrogen) atoms. The largest absolute Gasteiger partial charge is 0.395 e. The topological polar surface area (TPSA) is 57.6 Å². The smallest absolute Gasteiger partial charge is 0.211 e. The zero-order valence-electron chi connectivity index (χ0n) is 10.9. The molecule has 0 unspecified atom stereocenters. The van der Waals surface area contributed by atoms with Gasteiger partial charge in [0.05, 0.1) is 12.9 Å². The molecule has 0 aliphatic rings. The third kappa shape index (κ3) is 4.39. The van der Waals surface area contributed by atoms with Gasteiger partial charge >= 0.3 is 0 Å². The summed E-state index contributed by atoms with van der Waals surface area (Å²) >= 11 is 0. The Labute approximate surface area is 99.7 Å². The fourth-order valence-corrected chi connectivity index (χ4v) is 3.77. The van der Waals surface area contributed by atoms with E-state index >= 15 is 0 Å². The maximum absolute atomic E-state index is 11.7. The van der Waals surface area contributed by atoms with Gasteiger partial charge in [-0.05, 0) is 19.8 Å². The standard InChI is InChI=1S/C11H25NO3S/c1-5-7-11(3,8-6-2)12(9-10-13)16(4,14)15/h13H,5-10H2,1-4H3. The van der Waals surface area contributed by atoms with Crippen molar-refractivity contribution in [3.63, 3.8) is 0 Å². The number of β-amino-alcohol motifs (C(OH)–C–C–N with tert-alkyl or cyclic N) is 1. The Balaban J connectivity index is 5.09. The number of nitrogens with zero attached hydrogens (tertiary/aromatic N) is 1. The highest BCUT2D eigenvalue weighted by Gasteiger charge is 2.35. The molecule has 0 aliphatic heterocycles. The molecule has 0 aromatic heterocycles. The van der Waals surface area contributed by atoms with Gasteiger partial charge in [0.15, 0.2) is 0 Å². The third-order valence-corrected chi connectivity index (χ3v) is 4.31. The molecule has 0 heterocycles. The predicted molar refractivity (Wildman–Crippen MR) is 66.9 cm³/mol. The molecule has 0 aromatic carbocycles. The Morgan fingerprint density at radius 2 is 1.62 bits per heavy atom. The Bertz CT molecular complexity index is 282. The van der Waals surface area contributed by atoms with E-state index in [1.54, 1.807) is 0 Å². The van der Waals surface area contributed by atoms with Crippen molar-refractivity contribution < 1.29 is 13.5 Å². The van der Waals surface area contributed by atoms with Crippen LogP contribution >= 0.6 is 0 Å². The van der Waals surface area contributed by atoms with E-state index in [0.717, 1.165) is 25.7 Å². The Hall–Kier alpha value is -0.130. The van der Waals surface area contributed by atoms with Gasteiger partial charge in [-0.25, -0.2) is 8.42 Å². The lowest BCUT2D eigenvalue weighted by atomic mass is 9.91. The summed E-state index contributed by atoms with van der Waals surface area (Å²) in [5.74, 6) is 0. The SMILES string of the molecule is CCCC(C)(CCC)N(CCO)S(C)(=O)=O. The zero-order chi connectivity index (χ0) is 12.8. The minimum absolute atomic E-state index is 0.129. The Kier molecular flexibility index (Phi) is 6.51. The van der Waals surface area contributed by atoms with Gasteiger partial charge in [0.2, 0.25) is 10.0 Å². The molecule has 0 atom stereocenters. The first-order valence-corrected chi connectivity index (χ1v) is 7.75. The molecule has 0 amide bonds. The first kappa shape index (κ1) is 15.9. The second kappa shape index (κ2) is 6.57. The number of aliphatic hydroxyl groups excluding tert-OH is 1. The number of hydrogen-bond donors (Lipinski definition) is 1. The average Bonchev–Trinajstić information content (AvgIpc) is 2.13. The van der Waals surface area contributed by atoms with Gasteiger partial charge < -0.3 is 5.11 Å². The Morgan fingerprint density at radius 1 is 1.19 bits per heavy atom. The van der Waals surface area contributed by atoms with E-state index in [9.17, 15) is 8.42 Å². The van der Waals surface area contributed by atoms with E-state index in [-0.39, 0.29) is 18.7 Å². The van der Waals surface area contributed by atoms with Crippen LogP contribution in [0.2, 0.25) is 0 Å². The van der Waals surface area contributed by atoms with E-state index in [0.29, 0.717) is 0 Å². The second-order valence-corrected chi connectivity index (χ2v) is 6.46. The van der Waals surface area contributed by atoms with Crippen LogP contribution in [0.5, 0.6) is 0 Å². The lowest BCUT2D eigenvalue weighted by Gasteiger charge is -2.39. The first-order chi connectivity index (χ1) is 7.31. The van der Waals surface area contributed by atoms with Crippen molar-refractivity contribution in [1.82, 2.24) is 4.31 Å². The van der Waals surface area contributed by atoms with Gasteiger partial charge in [-0.15, -0.1) is 0 Å². The minimum atomic E-state index is -3.26. The van der Waals surface area contributed by atoms with Crippen molar-refractivity contribution in [3.05, 3.63) is 0 Å². The van der Waals surface area contributed by atoms with Crippen molar-refractivity contribution in [2.45, 2.75) is 52.0 Å². The maximum Gasteiger partial charge on any atom is 0.211 e. The summed E-state index contributed by atoms with van der Waals surface area (Å²) in [6, 6.07) is 0.